The van der Waals surface area contributed by atoms with Crippen molar-refractivity contribution in [2.75, 3.05) is 6.54 Å². The molecule has 2 aromatic rings. The normalized spacial score (nSPS) is 13.9. The number of halogens is 2. The summed E-state index contributed by atoms with van der Waals surface area (Å²) >= 11 is 0. The van der Waals surface area contributed by atoms with E-state index >= 15 is 0 Å². The molecule has 17 heavy (non-hydrogen) atoms. The maximum atomic E-state index is 13.1. The number of hydrogen-bond acceptors (Lipinski definition) is 3. The van der Waals surface area contributed by atoms with E-state index in [1.54, 1.807) is 6.07 Å². The van der Waals surface area contributed by atoms with Gasteiger partial charge in [-0.2, -0.15) is 0 Å². The molecule has 0 spiro atoms. The first-order valence-corrected chi connectivity index (χ1v) is 5.28. The molecule has 90 valence electrons. The first-order chi connectivity index (χ1) is 7.84. The molecule has 5 heteroatoms. The molecule has 3 rings (SSSR count). The quantitative estimate of drug-likeness (QED) is 0.850. The molecule has 1 aliphatic heterocycles. The van der Waals surface area contributed by atoms with Gasteiger partial charge in [-0.15, -0.1) is 12.4 Å². The number of benzene rings is 1. The summed E-state index contributed by atoms with van der Waals surface area (Å²) < 4.78 is 18.4. The second-order valence-electron chi connectivity index (χ2n) is 3.87. The predicted molar refractivity (Wildman–Crippen MR) is 64.6 cm³/mol. The fourth-order valence-corrected chi connectivity index (χ4v) is 2.00. The highest BCUT2D eigenvalue weighted by Crippen LogP contribution is 2.27. The molecule has 0 radical (unpaired) electrons. The minimum Gasteiger partial charge on any atom is -0.360 e. The molecule has 0 saturated heterocycles. The van der Waals surface area contributed by atoms with Gasteiger partial charge in [0, 0.05) is 30.6 Å². The van der Waals surface area contributed by atoms with Gasteiger partial charge in [-0.3, -0.25) is 0 Å². The Balaban J connectivity index is 0.00000108. The molecule has 1 N–H and O–H groups in total. The molecule has 1 aromatic heterocycles. The van der Waals surface area contributed by atoms with Gasteiger partial charge >= 0.3 is 0 Å². The largest absolute Gasteiger partial charge is 0.360 e. The summed E-state index contributed by atoms with van der Waals surface area (Å²) in [7, 11) is 0. The third-order valence-electron chi connectivity index (χ3n) is 2.80. The molecule has 0 aliphatic carbocycles. The van der Waals surface area contributed by atoms with E-state index in [4.69, 9.17) is 4.52 Å². The second-order valence-corrected chi connectivity index (χ2v) is 3.87. The fourth-order valence-electron chi connectivity index (χ4n) is 2.00. The number of fused-ring (bicyclic) bond motifs is 1. The van der Waals surface area contributed by atoms with Gasteiger partial charge < -0.3 is 9.84 Å². The first kappa shape index (κ1) is 12.1. The van der Waals surface area contributed by atoms with Crippen molar-refractivity contribution in [3.8, 4) is 11.3 Å². The monoisotopic (exact) mass is 254 g/mol. The van der Waals surface area contributed by atoms with Crippen molar-refractivity contribution in [1.82, 2.24) is 10.5 Å². The maximum absolute atomic E-state index is 13.1. The summed E-state index contributed by atoms with van der Waals surface area (Å²) in [5, 5.41) is 7.29. The lowest BCUT2D eigenvalue weighted by Gasteiger charge is -2.11. The van der Waals surface area contributed by atoms with Crippen LogP contribution >= 0.6 is 12.4 Å². The summed E-state index contributed by atoms with van der Waals surface area (Å²) in [5.41, 5.74) is 2.58. The van der Waals surface area contributed by atoms with Gasteiger partial charge in [0.1, 0.15) is 17.3 Å². The average Bonchev–Trinajstić information content (AvgIpc) is 2.72. The molecule has 0 fully saturated rings. The van der Waals surface area contributed by atoms with Gasteiger partial charge in [-0.05, 0) is 12.1 Å². The SMILES string of the molecule is Cl.Fc1cccc(-c2noc3c2CNCC3)c1. The Kier molecular flexibility index (Phi) is 3.45. The average molecular weight is 255 g/mol. The van der Waals surface area contributed by atoms with Gasteiger partial charge in [0.2, 0.25) is 0 Å². The maximum Gasteiger partial charge on any atom is 0.143 e. The zero-order chi connectivity index (χ0) is 11.0. The number of hydrogen-bond donors (Lipinski definition) is 1. The van der Waals surface area contributed by atoms with E-state index in [0.717, 1.165) is 42.1 Å². The van der Waals surface area contributed by atoms with Gasteiger partial charge in [0.05, 0.1) is 0 Å². The Morgan fingerprint density at radius 3 is 3.06 bits per heavy atom. The van der Waals surface area contributed by atoms with E-state index in [0.29, 0.717) is 0 Å². The van der Waals surface area contributed by atoms with Crippen LogP contribution in [-0.2, 0) is 13.0 Å². The Morgan fingerprint density at radius 2 is 2.24 bits per heavy atom. The van der Waals surface area contributed by atoms with Gasteiger partial charge in [-0.25, -0.2) is 4.39 Å². The molecule has 0 bridgehead atoms. The number of rotatable bonds is 1. The van der Waals surface area contributed by atoms with Gasteiger partial charge in [0.25, 0.3) is 0 Å². The van der Waals surface area contributed by atoms with E-state index in [9.17, 15) is 4.39 Å². The topological polar surface area (TPSA) is 38.1 Å². The molecule has 2 heterocycles. The van der Waals surface area contributed by atoms with E-state index in [-0.39, 0.29) is 18.2 Å². The lowest BCUT2D eigenvalue weighted by molar-refractivity contribution is 0.374. The standard InChI is InChI=1S/C12H11FN2O.ClH/c13-9-3-1-2-8(6-9)12-10-7-14-5-4-11(10)16-15-12;/h1-3,6,14H,4-5,7H2;1H. The summed E-state index contributed by atoms with van der Waals surface area (Å²) in [6.07, 6.45) is 0.845. The number of nitrogens with one attached hydrogen (secondary N) is 1. The van der Waals surface area contributed by atoms with Crippen LogP contribution in [0.3, 0.4) is 0 Å². The van der Waals surface area contributed by atoms with E-state index < -0.39 is 0 Å². The van der Waals surface area contributed by atoms with E-state index in [1.165, 1.54) is 12.1 Å². The van der Waals surface area contributed by atoms with Crippen LogP contribution in [0, 0.1) is 5.82 Å². The Morgan fingerprint density at radius 1 is 1.35 bits per heavy atom. The minimum atomic E-state index is -0.252. The van der Waals surface area contributed by atoms with Crippen LogP contribution in [0.4, 0.5) is 4.39 Å². The zero-order valence-electron chi connectivity index (χ0n) is 9.07. The van der Waals surface area contributed by atoms with Crippen LogP contribution in [0.15, 0.2) is 28.8 Å². The highest BCUT2D eigenvalue weighted by Gasteiger charge is 2.20. The minimum absolute atomic E-state index is 0. The highest BCUT2D eigenvalue weighted by molar-refractivity contribution is 5.85. The van der Waals surface area contributed by atoms with Crippen LogP contribution < -0.4 is 5.32 Å². The van der Waals surface area contributed by atoms with Crippen molar-refractivity contribution < 1.29 is 8.91 Å². The summed E-state index contributed by atoms with van der Waals surface area (Å²) in [4.78, 5) is 0. The van der Waals surface area contributed by atoms with Crippen LogP contribution in [-0.4, -0.2) is 11.7 Å². The van der Waals surface area contributed by atoms with Crippen LogP contribution in [0.1, 0.15) is 11.3 Å². The zero-order valence-corrected chi connectivity index (χ0v) is 9.89. The number of nitrogens with zero attached hydrogens (tertiary/aromatic N) is 1. The van der Waals surface area contributed by atoms with Crippen LogP contribution in [0.25, 0.3) is 11.3 Å². The highest BCUT2D eigenvalue weighted by atomic mass is 35.5. The van der Waals surface area contributed by atoms with Crippen molar-refractivity contribution >= 4 is 12.4 Å². The van der Waals surface area contributed by atoms with Crippen molar-refractivity contribution in [3.05, 3.63) is 41.4 Å². The van der Waals surface area contributed by atoms with E-state index in [2.05, 4.69) is 10.5 Å². The van der Waals surface area contributed by atoms with E-state index in [1.807, 2.05) is 6.07 Å². The lowest BCUT2D eigenvalue weighted by Crippen LogP contribution is -2.22. The molecular formula is C12H12ClFN2O. The van der Waals surface area contributed by atoms with Crippen molar-refractivity contribution in [1.29, 1.82) is 0 Å². The second kappa shape index (κ2) is 4.85. The lowest BCUT2D eigenvalue weighted by atomic mass is 10.0. The number of aromatic nitrogens is 1. The molecule has 1 aliphatic rings. The van der Waals surface area contributed by atoms with Crippen LogP contribution in [0.5, 0.6) is 0 Å². The molecule has 0 saturated carbocycles. The predicted octanol–water partition coefficient (Wildman–Crippen LogP) is 2.55. The van der Waals surface area contributed by atoms with Crippen molar-refractivity contribution in [2.45, 2.75) is 13.0 Å². The summed E-state index contributed by atoms with van der Waals surface area (Å²) in [5.74, 6) is 0.663. The van der Waals surface area contributed by atoms with Crippen molar-refractivity contribution in [3.63, 3.8) is 0 Å². The molecule has 0 amide bonds. The van der Waals surface area contributed by atoms with Crippen LogP contribution in [0.2, 0.25) is 0 Å². The third-order valence-corrected chi connectivity index (χ3v) is 2.80. The molecular weight excluding hydrogens is 243 g/mol. The Labute approximate surface area is 104 Å². The molecule has 1 aromatic carbocycles. The summed E-state index contributed by atoms with van der Waals surface area (Å²) in [6, 6.07) is 6.43. The molecule has 0 unspecified atom stereocenters. The van der Waals surface area contributed by atoms with Gasteiger partial charge in [-0.1, -0.05) is 17.3 Å². The third kappa shape index (κ3) is 2.18. The molecule has 3 nitrogen and oxygen atoms in total. The first-order valence-electron chi connectivity index (χ1n) is 5.28. The summed E-state index contributed by atoms with van der Waals surface area (Å²) in [6.45, 7) is 1.65. The molecule has 0 atom stereocenters. The van der Waals surface area contributed by atoms with Gasteiger partial charge in [0.15, 0.2) is 0 Å². The Hall–Kier alpha value is -1.39. The smallest absolute Gasteiger partial charge is 0.143 e. The fraction of sp³-hybridized carbons (Fsp3) is 0.250. The Bertz CT molecular complexity index is 527. The van der Waals surface area contributed by atoms with Crippen molar-refractivity contribution in [2.24, 2.45) is 0 Å².